The van der Waals surface area contributed by atoms with Crippen LogP contribution in [0, 0.1) is 40.4 Å². The summed E-state index contributed by atoms with van der Waals surface area (Å²) in [6.45, 7) is 6.45. The summed E-state index contributed by atoms with van der Waals surface area (Å²) in [5.41, 5.74) is 6.44. The maximum Gasteiger partial charge on any atom is 0.133 e. The summed E-state index contributed by atoms with van der Waals surface area (Å²) in [6, 6.07) is 0.381. The van der Waals surface area contributed by atoms with Crippen LogP contribution in [0.4, 0.5) is 0 Å². The quantitative estimate of drug-likeness (QED) is 0.771. The molecule has 0 saturated heterocycles. The first-order chi connectivity index (χ1) is 11.3. The molecule has 3 heteroatoms. The lowest BCUT2D eigenvalue weighted by atomic mass is 9.44. The minimum Gasteiger partial charge on any atom is -0.393 e. The van der Waals surface area contributed by atoms with Crippen molar-refractivity contribution in [1.29, 1.82) is 0 Å². The van der Waals surface area contributed by atoms with E-state index in [4.69, 9.17) is 5.73 Å². The highest BCUT2D eigenvalue weighted by molar-refractivity contribution is 5.79. The van der Waals surface area contributed by atoms with E-state index in [-0.39, 0.29) is 17.4 Å². The predicted molar refractivity (Wildman–Crippen MR) is 95.3 cm³/mol. The van der Waals surface area contributed by atoms with E-state index < -0.39 is 0 Å². The number of nitrogens with two attached hydrogens (primary N) is 1. The molecule has 0 aliphatic heterocycles. The number of aliphatic hydroxyl groups excluding tert-OH is 1. The van der Waals surface area contributed by atoms with Gasteiger partial charge in [0.05, 0.1) is 6.10 Å². The number of rotatable bonds is 1. The second-order valence-corrected chi connectivity index (χ2v) is 10.0. The Balaban J connectivity index is 1.66. The molecule has 0 unspecified atom stereocenters. The molecule has 0 amide bonds. The van der Waals surface area contributed by atoms with Crippen LogP contribution in [-0.4, -0.2) is 23.0 Å². The Bertz CT molecular complexity index is 534. The first-order valence-electron chi connectivity index (χ1n) is 10.2. The molecule has 9 atom stereocenters. The lowest BCUT2D eigenvalue weighted by Crippen LogP contribution is -2.59. The van der Waals surface area contributed by atoms with E-state index >= 15 is 0 Å². The molecule has 0 heterocycles. The van der Waals surface area contributed by atoms with Crippen LogP contribution in [0.15, 0.2) is 0 Å². The van der Waals surface area contributed by atoms with Gasteiger partial charge in [-0.15, -0.1) is 0 Å². The fourth-order valence-electron chi connectivity index (χ4n) is 7.92. The van der Waals surface area contributed by atoms with Crippen LogP contribution in [0.3, 0.4) is 0 Å². The van der Waals surface area contributed by atoms with E-state index in [0.717, 1.165) is 31.6 Å². The molecule has 136 valence electrons. The zero-order valence-corrected chi connectivity index (χ0v) is 15.6. The molecular weight excluding hydrogens is 298 g/mol. The summed E-state index contributed by atoms with van der Waals surface area (Å²) >= 11 is 0. The van der Waals surface area contributed by atoms with Gasteiger partial charge in [-0.1, -0.05) is 13.8 Å². The second kappa shape index (κ2) is 5.54. The Morgan fingerprint density at radius 2 is 1.79 bits per heavy atom. The Hall–Kier alpha value is -0.410. The third-order valence-corrected chi connectivity index (χ3v) is 9.30. The number of fused-ring (bicyclic) bond motifs is 5. The Kier molecular flexibility index (Phi) is 3.93. The highest BCUT2D eigenvalue weighted by Gasteiger charge is 2.63. The number of hydrogen-bond donors (Lipinski definition) is 2. The lowest BCUT2D eigenvalue weighted by Gasteiger charge is -2.62. The fraction of sp³-hybridized carbons (Fsp3) is 0.952. The van der Waals surface area contributed by atoms with Crippen molar-refractivity contribution < 1.29 is 9.90 Å². The monoisotopic (exact) mass is 333 g/mol. The summed E-state index contributed by atoms with van der Waals surface area (Å²) in [4.78, 5) is 12.2. The van der Waals surface area contributed by atoms with Crippen molar-refractivity contribution in [3.05, 3.63) is 0 Å². The Labute approximate surface area is 146 Å². The number of carbonyl (C=O) groups is 1. The van der Waals surface area contributed by atoms with E-state index in [9.17, 15) is 9.90 Å². The first-order valence-corrected chi connectivity index (χ1v) is 10.2. The van der Waals surface area contributed by atoms with Crippen molar-refractivity contribution in [2.24, 2.45) is 46.2 Å². The number of aliphatic hydroxyl groups is 1. The van der Waals surface area contributed by atoms with Gasteiger partial charge < -0.3 is 10.8 Å². The molecule has 3 N–H and O–H groups in total. The normalized spacial score (nSPS) is 57.0. The molecule has 4 aliphatic carbocycles. The molecule has 4 aliphatic rings. The van der Waals surface area contributed by atoms with Crippen molar-refractivity contribution in [2.45, 2.75) is 84.3 Å². The summed E-state index contributed by atoms with van der Waals surface area (Å²) < 4.78 is 0. The molecule has 0 aromatic rings. The number of Topliss-reactive ketones (excluding diaryl/α,β-unsaturated/α-hetero) is 1. The maximum absolute atomic E-state index is 12.2. The number of carbonyl (C=O) groups excluding carboxylic acids is 1. The molecule has 4 rings (SSSR count). The van der Waals surface area contributed by atoms with Gasteiger partial charge in [0, 0.05) is 17.4 Å². The smallest absolute Gasteiger partial charge is 0.133 e. The van der Waals surface area contributed by atoms with Crippen molar-refractivity contribution in [2.75, 3.05) is 0 Å². The molecule has 0 aromatic carbocycles. The molecule has 0 spiro atoms. The van der Waals surface area contributed by atoms with Gasteiger partial charge in [0.15, 0.2) is 0 Å². The lowest BCUT2D eigenvalue weighted by molar-refractivity contribution is -0.168. The zero-order chi connectivity index (χ0) is 17.3. The van der Waals surface area contributed by atoms with Crippen LogP contribution in [0.25, 0.3) is 0 Å². The van der Waals surface area contributed by atoms with Crippen molar-refractivity contribution in [3.63, 3.8) is 0 Å². The second-order valence-electron chi connectivity index (χ2n) is 10.0. The third-order valence-electron chi connectivity index (χ3n) is 9.30. The average Bonchev–Trinajstić information content (AvgIpc) is 2.88. The Morgan fingerprint density at radius 1 is 1.04 bits per heavy atom. The van der Waals surface area contributed by atoms with Gasteiger partial charge in [0.2, 0.25) is 0 Å². The van der Waals surface area contributed by atoms with Crippen LogP contribution >= 0.6 is 0 Å². The number of hydrogen-bond acceptors (Lipinski definition) is 3. The van der Waals surface area contributed by atoms with Crippen LogP contribution in [0.5, 0.6) is 0 Å². The third kappa shape index (κ3) is 2.13. The number of ketones is 1. The largest absolute Gasteiger partial charge is 0.393 e. The topological polar surface area (TPSA) is 63.3 Å². The van der Waals surface area contributed by atoms with Crippen LogP contribution in [0.1, 0.15) is 72.1 Å². The van der Waals surface area contributed by atoms with Crippen LogP contribution in [0.2, 0.25) is 0 Å². The van der Waals surface area contributed by atoms with Gasteiger partial charge in [-0.2, -0.15) is 0 Å². The van der Waals surface area contributed by atoms with Crippen molar-refractivity contribution in [3.8, 4) is 0 Å². The molecule has 0 radical (unpaired) electrons. The molecule has 0 bridgehead atoms. The van der Waals surface area contributed by atoms with Crippen molar-refractivity contribution in [1.82, 2.24) is 0 Å². The predicted octanol–water partition coefficient (Wildman–Crippen LogP) is 3.53. The zero-order valence-electron chi connectivity index (χ0n) is 15.6. The van der Waals surface area contributed by atoms with Gasteiger partial charge >= 0.3 is 0 Å². The standard InChI is InChI=1S/C21H35NO2/c1-12(23)16-6-7-17-15-5-4-13-10-14(22)8-9-20(13,2)18(15)11-19(24)21(16,17)3/h13-19,24H,4-11,22H2,1-3H3/t13-,14+,15+,16+,17+,18+,19+,20-,21+/m0/s1. The summed E-state index contributed by atoms with van der Waals surface area (Å²) in [5.74, 6) is 2.98. The van der Waals surface area contributed by atoms with Crippen LogP contribution in [-0.2, 0) is 4.79 Å². The minimum atomic E-state index is -0.314. The first kappa shape index (κ1) is 17.0. The summed E-state index contributed by atoms with van der Waals surface area (Å²) in [6.07, 6.45) is 8.86. The summed E-state index contributed by atoms with van der Waals surface area (Å²) in [5, 5.41) is 11.2. The van der Waals surface area contributed by atoms with E-state index in [1.807, 2.05) is 0 Å². The molecule has 24 heavy (non-hydrogen) atoms. The SMILES string of the molecule is CC(=O)[C@H]1CC[C@@H]2[C@H]3CC[C@H]4C[C@H](N)CC[C@]4(C)[C@@H]3C[C@@H](O)[C@]12C. The van der Waals surface area contributed by atoms with Gasteiger partial charge in [-0.3, -0.25) is 4.79 Å². The molecule has 4 saturated carbocycles. The maximum atomic E-state index is 12.2. The summed E-state index contributed by atoms with van der Waals surface area (Å²) in [7, 11) is 0. The average molecular weight is 334 g/mol. The highest BCUT2D eigenvalue weighted by atomic mass is 16.3. The highest BCUT2D eigenvalue weighted by Crippen LogP contribution is 2.67. The fourth-order valence-corrected chi connectivity index (χ4v) is 7.92. The van der Waals surface area contributed by atoms with E-state index in [1.165, 1.54) is 25.7 Å². The van der Waals surface area contributed by atoms with E-state index in [1.54, 1.807) is 6.92 Å². The molecule has 3 nitrogen and oxygen atoms in total. The van der Waals surface area contributed by atoms with Gasteiger partial charge in [0.1, 0.15) is 5.78 Å². The molecular formula is C21H35NO2. The van der Waals surface area contributed by atoms with Gasteiger partial charge in [0.25, 0.3) is 0 Å². The van der Waals surface area contributed by atoms with Crippen LogP contribution < -0.4 is 5.73 Å². The van der Waals surface area contributed by atoms with Gasteiger partial charge in [-0.25, -0.2) is 0 Å². The van der Waals surface area contributed by atoms with Gasteiger partial charge in [-0.05, 0) is 87.4 Å². The molecule has 0 aromatic heterocycles. The van der Waals surface area contributed by atoms with E-state index in [2.05, 4.69) is 13.8 Å². The minimum absolute atomic E-state index is 0.0729. The van der Waals surface area contributed by atoms with E-state index in [0.29, 0.717) is 35.0 Å². The Morgan fingerprint density at radius 3 is 2.50 bits per heavy atom. The van der Waals surface area contributed by atoms with Crippen molar-refractivity contribution >= 4 is 5.78 Å². The molecule has 4 fully saturated rings.